The number of ether oxygens (including phenoxy) is 3. The summed E-state index contributed by atoms with van der Waals surface area (Å²) in [5.74, 6) is -0.653. The fourth-order valence-corrected chi connectivity index (χ4v) is 5.26. The Morgan fingerprint density at radius 3 is 2.78 bits per heavy atom. The van der Waals surface area contributed by atoms with Crippen molar-refractivity contribution in [2.45, 2.75) is 50.5 Å². The SMILES string of the molecule is COCCCOC(c1cccc(F)c1-c1cccc(C)c1)C1CN(C(=O)C2CC(N)C(O)C2)CCO1. The molecule has 1 amide bonds. The first-order chi connectivity index (χ1) is 17.4. The van der Waals surface area contributed by atoms with E-state index in [1.165, 1.54) is 6.07 Å². The highest BCUT2D eigenvalue weighted by molar-refractivity contribution is 5.79. The van der Waals surface area contributed by atoms with Crippen molar-refractivity contribution < 1.29 is 28.5 Å². The van der Waals surface area contributed by atoms with E-state index in [9.17, 15) is 9.90 Å². The average Bonchev–Trinajstić information content (AvgIpc) is 3.21. The first kappa shape index (κ1) is 26.7. The zero-order chi connectivity index (χ0) is 25.7. The minimum absolute atomic E-state index is 0.0217. The highest BCUT2D eigenvalue weighted by Crippen LogP contribution is 2.37. The predicted octanol–water partition coefficient (Wildman–Crippen LogP) is 3.22. The number of carbonyl (C=O) groups is 1. The summed E-state index contributed by atoms with van der Waals surface area (Å²) in [4.78, 5) is 15.0. The maximum Gasteiger partial charge on any atom is 0.226 e. The molecule has 2 aromatic rings. The molecule has 2 aliphatic rings. The maximum atomic E-state index is 15.3. The minimum atomic E-state index is -0.656. The topological polar surface area (TPSA) is 94.3 Å². The van der Waals surface area contributed by atoms with Crippen LogP contribution in [0.25, 0.3) is 11.1 Å². The van der Waals surface area contributed by atoms with Gasteiger partial charge in [-0.1, -0.05) is 42.0 Å². The quantitative estimate of drug-likeness (QED) is 0.514. The molecule has 0 spiro atoms. The van der Waals surface area contributed by atoms with Crippen LogP contribution >= 0.6 is 0 Å². The molecular weight excluding hydrogens is 463 g/mol. The van der Waals surface area contributed by atoms with Gasteiger partial charge in [0.15, 0.2) is 0 Å². The van der Waals surface area contributed by atoms with Crippen molar-refractivity contribution in [2.24, 2.45) is 11.7 Å². The normalized spacial score (nSPS) is 25.2. The summed E-state index contributed by atoms with van der Waals surface area (Å²) >= 11 is 0. The third-order valence-corrected chi connectivity index (χ3v) is 7.12. The molecule has 5 atom stereocenters. The average molecular weight is 501 g/mol. The molecule has 0 bridgehead atoms. The van der Waals surface area contributed by atoms with Crippen LogP contribution in [0.1, 0.15) is 36.5 Å². The van der Waals surface area contributed by atoms with Gasteiger partial charge < -0.3 is 30.0 Å². The van der Waals surface area contributed by atoms with Gasteiger partial charge in [-0.05, 0) is 43.4 Å². The van der Waals surface area contributed by atoms with Gasteiger partial charge in [-0.15, -0.1) is 0 Å². The smallest absolute Gasteiger partial charge is 0.226 e. The number of hydrogen-bond acceptors (Lipinski definition) is 6. The molecule has 7 nitrogen and oxygen atoms in total. The van der Waals surface area contributed by atoms with Crippen molar-refractivity contribution in [2.75, 3.05) is 40.0 Å². The van der Waals surface area contributed by atoms with E-state index in [1.807, 2.05) is 37.3 Å². The lowest BCUT2D eigenvalue weighted by Crippen LogP contribution is -2.50. The summed E-state index contributed by atoms with van der Waals surface area (Å²) in [6, 6.07) is 12.4. The number of carbonyl (C=O) groups excluding carboxylic acids is 1. The van der Waals surface area contributed by atoms with Crippen LogP contribution in [0.15, 0.2) is 42.5 Å². The molecule has 3 N–H and O–H groups in total. The van der Waals surface area contributed by atoms with Gasteiger partial charge in [0.1, 0.15) is 18.0 Å². The lowest BCUT2D eigenvalue weighted by atomic mass is 9.91. The number of aliphatic hydroxyl groups excluding tert-OH is 1. The van der Waals surface area contributed by atoms with E-state index >= 15 is 4.39 Å². The molecule has 2 fully saturated rings. The number of methoxy groups -OCH3 is 1. The Bertz CT molecular complexity index is 1020. The van der Waals surface area contributed by atoms with Crippen molar-refractivity contribution in [1.82, 2.24) is 4.90 Å². The lowest BCUT2D eigenvalue weighted by Gasteiger charge is -2.38. The Balaban J connectivity index is 1.62. The number of amides is 1. The van der Waals surface area contributed by atoms with Crippen LogP contribution in [0.5, 0.6) is 0 Å². The second-order valence-corrected chi connectivity index (χ2v) is 9.80. The zero-order valence-corrected chi connectivity index (χ0v) is 21.1. The summed E-state index contributed by atoms with van der Waals surface area (Å²) in [7, 11) is 1.64. The molecule has 1 saturated carbocycles. The summed E-state index contributed by atoms with van der Waals surface area (Å²) in [5, 5.41) is 10.0. The number of nitrogens with zero attached hydrogens (tertiary/aromatic N) is 1. The van der Waals surface area contributed by atoms with E-state index in [1.54, 1.807) is 18.1 Å². The standard InChI is InChI=1S/C28H37FN2O5/c1-18-6-3-7-19(14-18)26-21(8-4-9-22(26)29)27(36-12-5-11-34-2)25-17-31(10-13-35-25)28(33)20-15-23(30)24(32)16-20/h3-4,6-9,14,20,23-25,27,32H,5,10-13,15-17,30H2,1-2H3. The van der Waals surface area contributed by atoms with Crippen molar-refractivity contribution in [3.05, 3.63) is 59.4 Å². The van der Waals surface area contributed by atoms with Crippen molar-refractivity contribution in [1.29, 1.82) is 0 Å². The second kappa shape index (κ2) is 12.3. The van der Waals surface area contributed by atoms with Gasteiger partial charge in [0, 0.05) is 50.9 Å². The summed E-state index contributed by atoms with van der Waals surface area (Å²) in [6.45, 7) is 4.05. The number of nitrogens with two attached hydrogens (primary N) is 1. The lowest BCUT2D eigenvalue weighted by molar-refractivity contribution is -0.152. The van der Waals surface area contributed by atoms with Gasteiger partial charge in [0.2, 0.25) is 5.91 Å². The minimum Gasteiger partial charge on any atom is -0.391 e. The first-order valence-corrected chi connectivity index (χ1v) is 12.7. The van der Waals surface area contributed by atoms with Crippen LogP contribution in [-0.2, 0) is 19.0 Å². The number of morpholine rings is 1. The van der Waals surface area contributed by atoms with Crippen LogP contribution in [0.2, 0.25) is 0 Å². The number of benzene rings is 2. The third-order valence-electron chi connectivity index (χ3n) is 7.12. The van der Waals surface area contributed by atoms with E-state index in [2.05, 4.69) is 0 Å². The number of rotatable bonds is 9. The molecule has 36 heavy (non-hydrogen) atoms. The zero-order valence-electron chi connectivity index (χ0n) is 21.1. The van der Waals surface area contributed by atoms with E-state index in [0.29, 0.717) is 63.3 Å². The molecule has 196 valence electrons. The number of halogens is 1. The fraction of sp³-hybridized carbons (Fsp3) is 0.536. The van der Waals surface area contributed by atoms with Crippen LogP contribution in [-0.4, -0.2) is 74.2 Å². The maximum absolute atomic E-state index is 15.3. The number of aryl methyl sites for hydroxylation is 1. The van der Waals surface area contributed by atoms with Gasteiger partial charge >= 0.3 is 0 Å². The molecule has 1 aliphatic heterocycles. The van der Waals surface area contributed by atoms with Crippen LogP contribution < -0.4 is 5.73 Å². The van der Waals surface area contributed by atoms with Crippen molar-refractivity contribution >= 4 is 5.91 Å². The van der Waals surface area contributed by atoms with Gasteiger partial charge in [0.05, 0.1) is 12.7 Å². The third kappa shape index (κ3) is 6.12. The molecule has 1 aliphatic carbocycles. The molecule has 5 unspecified atom stereocenters. The van der Waals surface area contributed by atoms with E-state index in [4.69, 9.17) is 19.9 Å². The largest absolute Gasteiger partial charge is 0.391 e. The number of hydrogen-bond donors (Lipinski definition) is 2. The van der Waals surface area contributed by atoms with E-state index in [0.717, 1.165) is 11.1 Å². The first-order valence-electron chi connectivity index (χ1n) is 12.7. The van der Waals surface area contributed by atoms with E-state index < -0.39 is 18.3 Å². The second-order valence-electron chi connectivity index (χ2n) is 9.80. The molecule has 0 radical (unpaired) electrons. The monoisotopic (exact) mass is 500 g/mol. The highest BCUT2D eigenvalue weighted by atomic mass is 19.1. The highest BCUT2D eigenvalue weighted by Gasteiger charge is 2.40. The Labute approximate surface area is 212 Å². The Morgan fingerprint density at radius 1 is 1.25 bits per heavy atom. The molecule has 4 rings (SSSR count). The number of aliphatic hydroxyl groups is 1. The summed E-state index contributed by atoms with van der Waals surface area (Å²) in [5.41, 5.74) is 8.92. The Hall–Kier alpha value is -2.36. The summed E-state index contributed by atoms with van der Waals surface area (Å²) < 4.78 is 33.0. The van der Waals surface area contributed by atoms with Gasteiger partial charge in [0.25, 0.3) is 0 Å². The van der Waals surface area contributed by atoms with Gasteiger partial charge in [-0.25, -0.2) is 4.39 Å². The van der Waals surface area contributed by atoms with Crippen LogP contribution in [0, 0.1) is 18.7 Å². The molecule has 2 aromatic carbocycles. The van der Waals surface area contributed by atoms with E-state index in [-0.39, 0.29) is 23.7 Å². The molecule has 1 saturated heterocycles. The molecule has 0 aromatic heterocycles. The molecular formula is C28H37FN2O5. The Kier molecular flexibility index (Phi) is 9.09. The van der Waals surface area contributed by atoms with Gasteiger partial charge in [-0.2, -0.15) is 0 Å². The van der Waals surface area contributed by atoms with Gasteiger partial charge in [-0.3, -0.25) is 4.79 Å². The molecule has 1 heterocycles. The summed E-state index contributed by atoms with van der Waals surface area (Å²) in [6.07, 6.45) is -0.191. The molecule has 8 heteroatoms. The fourth-order valence-electron chi connectivity index (χ4n) is 5.26. The van der Waals surface area contributed by atoms with Crippen molar-refractivity contribution in [3.8, 4) is 11.1 Å². The predicted molar refractivity (Wildman–Crippen MR) is 135 cm³/mol. The Morgan fingerprint density at radius 2 is 2.06 bits per heavy atom. The van der Waals surface area contributed by atoms with Crippen molar-refractivity contribution in [3.63, 3.8) is 0 Å². The van der Waals surface area contributed by atoms with Crippen LogP contribution in [0.3, 0.4) is 0 Å². The van der Waals surface area contributed by atoms with Crippen LogP contribution in [0.4, 0.5) is 4.39 Å².